The molecule has 98 valence electrons. The second-order valence-electron chi connectivity index (χ2n) is 4.09. The van der Waals surface area contributed by atoms with E-state index in [9.17, 15) is 13.5 Å². The molecule has 0 saturated heterocycles. The van der Waals surface area contributed by atoms with Crippen LogP contribution in [0.1, 0.15) is 30.5 Å². The molecule has 1 aromatic heterocycles. The summed E-state index contributed by atoms with van der Waals surface area (Å²) in [5, 5.41) is 12.7. The average Bonchev–Trinajstić information content (AvgIpc) is 2.63. The molecule has 6 heteroatoms. The van der Waals surface area contributed by atoms with Gasteiger partial charge in [0.25, 0.3) is 0 Å². The Hall–Kier alpha value is -0.460. The van der Waals surface area contributed by atoms with Crippen molar-refractivity contribution in [3.05, 3.63) is 16.1 Å². The smallest absolute Gasteiger partial charge is 0.150 e. The van der Waals surface area contributed by atoms with Gasteiger partial charge in [0.1, 0.15) is 9.84 Å². The minimum absolute atomic E-state index is 0.163. The molecule has 4 nitrogen and oxygen atoms in total. The van der Waals surface area contributed by atoms with Gasteiger partial charge < -0.3 is 5.11 Å². The standard InChI is InChI=1S/C11H19NO3S2/c1-3-17(14,15)6-4-5-11(13)7-10-8-16-9(2)12-10/h8,11,13H,3-7H2,1-2H3. The summed E-state index contributed by atoms with van der Waals surface area (Å²) in [6.45, 7) is 3.57. The number of sulfone groups is 1. The zero-order valence-electron chi connectivity index (χ0n) is 10.2. The maximum atomic E-state index is 11.3. The lowest BCUT2D eigenvalue weighted by atomic mass is 10.1. The second kappa shape index (κ2) is 6.47. The van der Waals surface area contributed by atoms with Gasteiger partial charge in [-0.2, -0.15) is 0 Å². The lowest BCUT2D eigenvalue weighted by molar-refractivity contribution is 0.163. The second-order valence-corrected chi connectivity index (χ2v) is 7.63. The molecule has 1 N–H and O–H groups in total. The van der Waals surface area contributed by atoms with Crippen LogP contribution in [0.4, 0.5) is 0 Å². The van der Waals surface area contributed by atoms with Crippen molar-refractivity contribution < 1.29 is 13.5 Å². The highest BCUT2D eigenvalue weighted by Gasteiger charge is 2.11. The molecule has 1 unspecified atom stereocenters. The molecule has 0 saturated carbocycles. The summed E-state index contributed by atoms with van der Waals surface area (Å²) < 4.78 is 22.5. The molecular weight excluding hydrogens is 258 g/mol. The molecule has 1 aromatic rings. The highest BCUT2D eigenvalue weighted by atomic mass is 32.2. The van der Waals surface area contributed by atoms with Crippen LogP contribution in [0.3, 0.4) is 0 Å². The van der Waals surface area contributed by atoms with Gasteiger partial charge in [-0.05, 0) is 19.8 Å². The number of nitrogens with zero attached hydrogens (tertiary/aromatic N) is 1. The molecule has 17 heavy (non-hydrogen) atoms. The first kappa shape index (κ1) is 14.6. The summed E-state index contributed by atoms with van der Waals surface area (Å²) in [5.74, 6) is 0.338. The van der Waals surface area contributed by atoms with E-state index in [-0.39, 0.29) is 11.5 Å². The average molecular weight is 277 g/mol. The van der Waals surface area contributed by atoms with Gasteiger partial charge in [0.15, 0.2) is 0 Å². The Kier molecular flexibility index (Phi) is 5.55. The summed E-state index contributed by atoms with van der Waals surface area (Å²) in [5.41, 5.74) is 0.887. The number of aromatic nitrogens is 1. The van der Waals surface area contributed by atoms with Gasteiger partial charge in [-0.25, -0.2) is 13.4 Å². The molecule has 0 aromatic carbocycles. The number of hydrogen-bond donors (Lipinski definition) is 1. The highest BCUT2D eigenvalue weighted by Crippen LogP contribution is 2.12. The fourth-order valence-electron chi connectivity index (χ4n) is 1.53. The molecule has 1 atom stereocenters. The van der Waals surface area contributed by atoms with Crippen molar-refractivity contribution in [3.8, 4) is 0 Å². The third-order valence-corrected chi connectivity index (χ3v) is 5.16. The molecule has 0 aliphatic heterocycles. The fourth-order valence-corrected chi connectivity index (χ4v) is 3.05. The number of aryl methyl sites for hydroxylation is 1. The van der Waals surface area contributed by atoms with Crippen LogP contribution in [0, 0.1) is 6.92 Å². The quantitative estimate of drug-likeness (QED) is 0.821. The van der Waals surface area contributed by atoms with Crippen molar-refractivity contribution in [1.29, 1.82) is 0 Å². The van der Waals surface area contributed by atoms with Crippen molar-refractivity contribution >= 4 is 21.2 Å². The zero-order chi connectivity index (χ0) is 12.9. The van der Waals surface area contributed by atoms with Crippen LogP contribution < -0.4 is 0 Å². The van der Waals surface area contributed by atoms with Crippen LogP contribution >= 0.6 is 11.3 Å². The van der Waals surface area contributed by atoms with Gasteiger partial charge in [0, 0.05) is 17.6 Å². The molecule has 0 radical (unpaired) electrons. The summed E-state index contributed by atoms with van der Waals surface area (Å²) in [7, 11) is -2.91. The fraction of sp³-hybridized carbons (Fsp3) is 0.727. The minimum atomic E-state index is -2.91. The third-order valence-electron chi connectivity index (χ3n) is 2.54. The Morgan fingerprint density at radius 2 is 2.24 bits per heavy atom. The van der Waals surface area contributed by atoms with Gasteiger partial charge >= 0.3 is 0 Å². The van der Waals surface area contributed by atoms with E-state index >= 15 is 0 Å². The van der Waals surface area contributed by atoms with Crippen LogP contribution in [-0.4, -0.2) is 36.1 Å². The molecule has 0 aliphatic rings. The Morgan fingerprint density at radius 3 is 2.76 bits per heavy atom. The van der Waals surface area contributed by atoms with E-state index in [1.54, 1.807) is 18.3 Å². The van der Waals surface area contributed by atoms with Gasteiger partial charge in [0.2, 0.25) is 0 Å². The first-order valence-electron chi connectivity index (χ1n) is 5.72. The molecule has 0 spiro atoms. The summed E-state index contributed by atoms with van der Waals surface area (Å²) >= 11 is 1.56. The molecule has 0 bridgehead atoms. The van der Waals surface area contributed by atoms with Crippen LogP contribution in [0.2, 0.25) is 0 Å². The number of hydrogen-bond acceptors (Lipinski definition) is 5. The lowest BCUT2D eigenvalue weighted by Crippen LogP contribution is -2.14. The third kappa shape index (κ3) is 5.61. The van der Waals surface area contributed by atoms with E-state index in [0.717, 1.165) is 10.7 Å². The van der Waals surface area contributed by atoms with Crippen molar-refractivity contribution in [2.75, 3.05) is 11.5 Å². The maximum Gasteiger partial charge on any atom is 0.150 e. The molecular formula is C11H19NO3S2. The first-order chi connectivity index (χ1) is 7.93. The minimum Gasteiger partial charge on any atom is -0.393 e. The molecule has 0 aliphatic carbocycles. The molecule has 0 fully saturated rings. The van der Waals surface area contributed by atoms with Crippen molar-refractivity contribution in [2.45, 2.75) is 39.2 Å². The molecule has 1 heterocycles. The van der Waals surface area contributed by atoms with Crippen LogP contribution in [0.15, 0.2) is 5.38 Å². The predicted molar refractivity (Wildman–Crippen MR) is 70.1 cm³/mol. The van der Waals surface area contributed by atoms with E-state index in [2.05, 4.69) is 4.98 Å². The normalized spacial score (nSPS) is 13.8. The Balaban J connectivity index is 2.29. The lowest BCUT2D eigenvalue weighted by Gasteiger charge is -2.08. The monoisotopic (exact) mass is 277 g/mol. The number of rotatable bonds is 7. The number of thiazole rings is 1. The molecule has 0 amide bonds. The van der Waals surface area contributed by atoms with Crippen LogP contribution in [0.25, 0.3) is 0 Å². The number of aliphatic hydroxyl groups is 1. The van der Waals surface area contributed by atoms with Crippen molar-refractivity contribution in [3.63, 3.8) is 0 Å². The van der Waals surface area contributed by atoms with E-state index in [4.69, 9.17) is 0 Å². The van der Waals surface area contributed by atoms with Crippen molar-refractivity contribution in [1.82, 2.24) is 4.98 Å². The van der Waals surface area contributed by atoms with Gasteiger partial charge in [-0.15, -0.1) is 11.3 Å². The summed E-state index contributed by atoms with van der Waals surface area (Å²) in [6, 6.07) is 0. The first-order valence-corrected chi connectivity index (χ1v) is 8.42. The Bertz CT molecular complexity index is 439. The Labute approximate surface area is 107 Å². The van der Waals surface area contributed by atoms with E-state index in [1.807, 2.05) is 12.3 Å². The largest absolute Gasteiger partial charge is 0.393 e. The SMILES string of the molecule is CCS(=O)(=O)CCCC(O)Cc1csc(C)n1. The van der Waals surface area contributed by atoms with Crippen molar-refractivity contribution in [2.24, 2.45) is 0 Å². The van der Waals surface area contributed by atoms with E-state index in [1.165, 1.54) is 0 Å². The Morgan fingerprint density at radius 1 is 1.53 bits per heavy atom. The van der Waals surface area contributed by atoms with Crippen LogP contribution in [-0.2, 0) is 16.3 Å². The number of aliphatic hydroxyl groups excluding tert-OH is 1. The molecule has 1 rings (SSSR count). The summed E-state index contributed by atoms with van der Waals surface area (Å²) in [4.78, 5) is 4.26. The highest BCUT2D eigenvalue weighted by molar-refractivity contribution is 7.91. The zero-order valence-corrected chi connectivity index (χ0v) is 11.9. The van der Waals surface area contributed by atoms with Gasteiger partial charge in [0.05, 0.1) is 22.6 Å². The summed E-state index contributed by atoms with van der Waals surface area (Å²) in [6.07, 6.45) is 1.04. The topological polar surface area (TPSA) is 67.3 Å². The van der Waals surface area contributed by atoms with E-state index in [0.29, 0.717) is 19.3 Å². The van der Waals surface area contributed by atoms with E-state index < -0.39 is 15.9 Å². The van der Waals surface area contributed by atoms with Crippen LogP contribution in [0.5, 0.6) is 0 Å². The predicted octanol–water partition coefficient (Wildman–Crippen LogP) is 1.57. The maximum absolute atomic E-state index is 11.3. The van der Waals surface area contributed by atoms with Gasteiger partial charge in [-0.3, -0.25) is 0 Å². The van der Waals surface area contributed by atoms with Gasteiger partial charge in [-0.1, -0.05) is 6.92 Å².